The normalized spacial score (nSPS) is 22.6. The van der Waals surface area contributed by atoms with E-state index in [4.69, 9.17) is 13.9 Å². The maximum Gasteiger partial charge on any atom is 0.227 e. The predicted octanol–water partition coefficient (Wildman–Crippen LogP) is 5.22. The Labute approximate surface area is 170 Å². The van der Waals surface area contributed by atoms with Crippen LogP contribution >= 0.6 is 0 Å². The Balaban J connectivity index is 1.46. The fourth-order valence-electron chi connectivity index (χ4n) is 3.50. The van der Waals surface area contributed by atoms with Crippen LogP contribution in [-0.4, -0.2) is 34.0 Å². The average molecular weight is 406 g/mol. The number of anilines is 1. The third-order valence-corrected chi connectivity index (χ3v) is 11.0. The minimum atomic E-state index is -1.69. The molecule has 1 saturated carbocycles. The zero-order chi connectivity index (χ0) is 20.4. The summed E-state index contributed by atoms with van der Waals surface area (Å²) in [5.41, 5.74) is 0.776. The van der Waals surface area contributed by atoms with Crippen LogP contribution in [-0.2, 0) is 9.22 Å². The molecule has 5 nitrogen and oxygen atoms in total. The van der Waals surface area contributed by atoms with Gasteiger partial charge < -0.3 is 19.2 Å². The number of amides is 1. The molecule has 0 radical (unpaired) electrons. The predicted molar refractivity (Wildman–Crippen MR) is 115 cm³/mol. The van der Waals surface area contributed by atoms with Gasteiger partial charge >= 0.3 is 0 Å². The van der Waals surface area contributed by atoms with Crippen LogP contribution in [0.3, 0.4) is 0 Å². The van der Waals surface area contributed by atoms with Crippen molar-refractivity contribution < 1.29 is 18.7 Å². The number of ether oxygens (including phenoxy) is 2. The van der Waals surface area contributed by atoms with Gasteiger partial charge in [-0.2, -0.15) is 0 Å². The topological polar surface area (TPSA) is 56.8 Å². The molecule has 1 aliphatic carbocycles. The molecular formula is C22H35NO4Si. The summed E-state index contributed by atoms with van der Waals surface area (Å²) in [5, 5.41) is 3.30. The van der Waals surface area contributed by atoms with Crippen molar-refractivity contribution in [3.63, 3.8) is 0 Å². The van der Waals surface area contributed by atoms with E-state index in [0.29, 0.717) is 24.9 Å². The fraction of sp³-hybridized carbons (Fsp3) is 0.682. The number of hydrogen-bond acceptors (Lipinski definition) is 4. The van der Waals surface area contributed by atoms with Gasteiger partial charge in [-0.25, -0.2) is 0 Å². The molecule has 1 heterocycles. The highest BCUT2D eigenvalue weighted by Crippen LogP contribution is 2.38. The van der Waals surface area contributed by atoms with Gasteiger partial charge in [-0.05, 0) is 61.9 Å². The zero-order valence-corrected chi connectivity index (χ0v) is 19.0. The van der Waals surface area contributed by atoms with Crippen LogP contribution in [0.15, 0.2) is 18.2 Å². The van der Waals surface area contributed by atoms with E-state index in [0.717, 1.165) is 43.7 Å². The van der Waals surface area contributed by atoms with Crippen LogP contribution in [0.25, 0.3) is 0 Å². The van der Waals surface area contributed by atoms with Crippen molar-refractivity contribution in [2.45, 2.75) is 64.6 Å². The summed E-state index contributed by atoms with van der Waals surface area (Å²) in [5.74, 6) is 2.22. The highest BCUT2D eigenvalue weighted by molar-refractivity contribution is 6.74. The summed E-state index contributed by atoms with van der Waals surface area (Å²) in [7, 11) is -1.69. The van der Waals surface area contributed by atoms with E-state index in [9.17, 15) is 4.79 Å². The van der Waals surface area contributed by atoms with Crippen molar-refractivity contribution >= 4 is 19.9 Å². The van der Waals surface area contributed by atoms with Crippen LogP contribution in [0, 0.1) is 11.8 Å². The maximum absolute atomic E-state index is 12.7. The quantitative estimate of drug-likeness (QED) is 0.682. The second-order valence-corrected chi connectivity index (χ2v) is 14.4. The molecule has 1 amide bonds. The number of carbonyl (C=O) groups is 1. The minimum Gasteiger partial charge on any atom is -0.486 e. The Morgan fingerprint density at radius 1 is 1.11 bits per heavy atom. The van der Waals surface area contributed by atoms with Gasteiger partial charge in [-0.1, -0.05) is 20.8 Å². The zero-order valence-electron chi connectivity index (χ0n) is 18.0. The van der Waals surface area contributed by atoms with Gasteiger partial charge in [0.25, 0.3) is 0 Å². The van der Waals surface area contributed by atoms with Crippen LogP contribution in [0.1, 0.15) is 46.5 Å². The Morgan fingerprint density at radius 2 is 1.75 bits per heavy atom. The molecule has 1 aromatic carbocycles. The molecule has 0 saturated heterocycles. The van der Waals surface area contributed by atoms with E-state index in [1.54, 1.807) is 0 Å². The summed E-state index contributed by atoms with van der Waals surface area (Å²) >= 11 is 0. The van der Waals surface area contributed by atoms with Gasteiger partial charge in [0.1, 0.15) is 13.2 Å². The first-order valence-corrected chi connectivity index (χ1v) is 13.4. The largest absolute Gasteiger partial charge is 0.486 e. The Bertz CT molecular complexity index is 690. The Kier molecular flexibility index (Phi) is 6.40. The molecule has 6 heteroatoms. The van der Waals surface area contributed by atoms with Gasteiger partial charge in [0.2, 0.25) is 5.91 Å². The van der Waals surface area contributed by atoms with Crippen molar-refractivity contribution in [2.75, 3.05) is 25.1 Å². The molecule has 156 valence electrons. The van der Waals surface area contributed by atoms with Crippen molar-refractivity contribution in [1.82, 2.24) is 0 Å². The van der Waals surface area contributed by atoms with Crippen LogP contribution < -0.4 is 14.8 Å². The summed E-state index contributed by atoms with van der Waals surface area (Å²) in [4.78, 5) is 12.7. The molecule has 1 aliphatic heterocycles. The molecule has 0 bridgehead atoms. The molecule has 1 fully saturated rings. The van der Waals surface area contributed by atoms with Crippen molar-refractivity contribution in [2.24, 2.45) is 11.8 Å². The number of benzene rings is 1. The summed E-state index contributed by atoms with van der Waals surface area (Å²) in [6, 6.07) is 5.59. The van der Waals surface area contributed by atoms with Gasteiger partial charge in [0.05, 0.1) is 0 Å². The molecule has 2 aliphatic rings. The standard InChI is InChI=1S/C22H35NO4Si/c1-22(2,3)28(4,5)27-15-16-6-8-17(9-7-16)21(24)23-18-10-11-19-20(14-18)26-13-12-25-19/h10-11,14,16-17H,6-9,12-13,15H2,1-5H3,(H,23,24)/t16-,17-. The van der Waals surface area contributed by atoms with Crippen LogP contribution in [0.4, 0.5) is 5.69 Å². The molecular weight excluding hydrogens is 370 g/mol. The lowest BCUT2D eigenvalue weighted by Crippen LogP contribution is -2.42. The second-order valence-electron chi connectivity index (χ2n) is 9.64. The van der Waals surface area contributed by atoms with Crippen LogP contribution in [0.2, 0.25) is 18.1 Å². The van der Waals surface area contributed by atoms with Gasteiger partial charge in [-0.15, -0.1) is 0 Å². The highest BCUT2D eigenvalue weighted by atomic mass is 28.4. The SMILES string of the molecule is CC(C)(C)[Si](C)(C)OC[C@H]1CC[C@H](C(=O)Nc2ccc3c(c2)OCCO3)CC1. The molecule has 1 aromatic rings. The van der Waals surface area contributed by atoms with Crippen molar-refractivity contribution in [1.29, 1.82) is 0 Å². The van der Waals surface area contributed by atoms with Gasteiger partial charge in [0.15, 0.2) is 19.8 Å². The number of fused-ring (bicyclic) bond motifs is 1. The molecule has 3 rings (SSSR count). The molecule has 0 unspecified atom stereocenters. The second kappa shape index (κ2) is 8.45. The fourth-order valence-corrected chi connectivity index (χ4v) is 4.58. The van der Waals surface area contributed by atoms with Crippen molar-refractivity contribution in [3.8, 4) is 11.5 Å². The van der Waals surface area contributed by atoms with E-state index in [2.05, 4.69) is 39.2 Å². The number of carbonyl (C=O) groups excluding carboxylic acids is 1. The lowest BCUT2D eigenvalue weighted by Gasteiger charge is -2.38. The molecule has 0 aromatic heterocycles. The first kappa shape index (κ1) is 21.2. The highest BCUT2D eigenvalue weighted by Gasteiger charge is 2.38. The molecule has 28 heavy (non-hydrogen) atoms. The number of hydrogen-bond donors (Lipinski definition) is 1. The van der Waals surface area contributed by atoms with E-state index in [1.165, 1.54) is 0 Å². The molecule has 1 N–H and O–H groups in total. The van der Waals surface area contributed by atoms with Crippen LogP contribution in [0.5, 0.6) is 11.5 Å². The lowest BCUT2D eigenvalue weighted by molar-refractivity contribution is -0.121. The summed E-state index contributed by atoms with van der Waals surface area (Å²) in [6.45, 7) is 13.4. The summed E-state index contributed by atoms with van der Waals surface area (Å²) < 4.78 is 17.5. The average Bonchev–Trinajstić information content (AvgIpc) is 2.66. The number of nitrogens with one attached hydrogen (secondary N) is 1. The monoisotopic (exact) mass is 405 g/mol. The smallest absolute Gasteiger partial charge is 0.227 e. The van der Waals surface area contributed by atoms with Gasteiger partial charge in [-0.3, -0.25) is 4.79 Å². The minimum absolute atomic E-state index is 0.0809. The van der Waals surface area contributed by atoms with Crippen molar-refractivity contribution in [3.05, 3.63) is 18.2 Å². The lowest BCUT2D eigenvalue weighted by atomic mass is 9.82. The first-order valence-electron chi connectivity index (χ1n) is 10.5. The Morgan fingerprint density at radius 3 is 2.39 bits per heavy atom. The molecule has 0 atom stereocenters. The third kappa shape index (κ3) is 5.09. The molecule has 0 spiro atoms. The Hall–Kier alpha value is -1.53. The first-order chi connectivity index (χ1) is 13.2. The summed E-state index contributed by atoms with van der Waals surface area (Å²) in [6.07, 6.45) is 3.99. The van der Waals surface area contributed by atoms with Gasteiger partial charge in [0, 0.05) is 24.3 Å². The van der Waals surface area contributed by atoms with E-state index in [-0.39, 0.29) is 16.9 Å². The van der Waals surface area contributed by atoms with E-state index in [1.807, 2.05) is 18.2 Å². The van der Waals surface area contributed by atoms with E-state index >= 15 is 0 Å². The maximum atomic E-state index is 12.7. The van der Waals surface area contributed by atoms with E-state index < -0.39 is 8.32 Å². The number of rotatable bonds is 5. The third-order valence-electron chi connectivity index (χ3n) is 6.51.